The Morgan fingerprint density at radius 1 is 1.45 bits per heavy atom. The van der Waals surface area contributed by atoms with Crippen molar-refractivity contribution in [1.29, 1.82) is 0 Å². The van der Waals surface area contributed by atoms with E-state index in [2.05, 4.69) is 24.1 Å². The molecule has 0 aliphatic heterocycles. The highest BCUT2D eigenvalue weighted by molar-refractivity contribution is 7.22. The zero-order valence-corrected chi connectivity index (χ0v) is 13.4. The average molecular weight is 311 g/mol. The Morgan fingerprint density at radius 2 is 2.25 bits per heavy atom. The third-order valence-electron chi connectivity index (χ3n) is 3.37. The van der Waals surface area contributed by atoms with Crippen LogP contribution < -0.4 is 5.32 Å². The highest BCUT2D eigenvalue weighted by atomic mass is 35.5. The number of fused-ring (bicyclic) bond motifs is 1. The number of para-hydroxylation sites is 1. The maximum Gasteiger partial charge on any atom is 0.229 e. The molecule has 2 rings (SSSR count). The molecule has 1 unspecified atom stereocenters. The summed E-state index contributed by atoms with van der Waals surface area (Å²) in [5.74, 6) is 0.133. The van der Waals surface area contributed by atoms with Gasteiger partial charge in [0.2, 0.25) is 5.91 Å². The summed E-state index contributed by atoms with van der Waals surface area (Å²) < 4.78 is 0.995. The molecule has 1 aromatic heterocycles. The Labute approximate surface area is 128 Å². The Kier molecular flexibility index (Phi) is 5.38. The molecule has 0 saturated carbocycles. The molecule has 0 spiro atoms. The molecular weight excluding hydrogens is 292 g/mol. The lowest BCUT2D eigenvalue weighted by atomic mass is 9.99. The molecule has 1 aromatic carbocycles. The van der Waals surface area contributed by atoms with Gasteiger partial charge in [0.1, 0.15) is 5.52 Å². The van der Waals surface area contributed by atoms with Gasteiger partial charge in [-0.25, -0.2) is 4.98 Å². The van der Waals surface area contributed by atoms with Gasteiger partial charge in [0.25, 0.3) is 0 Å². The van der Waals surface area contributed by atoms with Crippen LogP contribution in [0.1, 0.15) is 39.5 Å². The molecule has 1 amide bonds. The van der Waals surface area contributed by atoms with Gasteiger partial charge >= 0.3 is 0 Å². The molecule has 2 aromatic rings. The third kappa shape index (κ3) is 3.49. The SMILES string of the molecule is CCCCC(CC)C(=O)Nc1nc2c(Cl)cccc2s1. The number of thiazole rings is 1. The average Bonchev–Trinajstić information content (AvgIpc) is 2.83. The number of nitrogens with one attached hydrogen (secondary N) is 1. The summed E-state index contributed by atoms with van der Waals surface area (Å²) in [6, 6.07) is 5.67. The maximum absolute atomic E-state index is 12.2. The van der Waals surface area contributed by atoms with E-state index in [0.717, 1.165) is 35.9 Å². The second-order valence-corrected chi connectivity index (χ2v) is 6.28. The van der Waals surface area contributed by atoms with Crippen molar-refractivity contribution in [3.05, 3.63) is 23.2 Å². The van der Waals surface area contributed by atoms with Crippen LogP contribution in [0.25, 0.3) is 10.2 Å². The van der Waals surface area contributed by atoms with Crippen LogP contribution in [0.3, 0.4) is 0 Å². The molecule has 0 aliphatic carbocycles. The van der Waals surface area contributed by atoms with Crippen LogP contribution in [0.5, 0.6) is 0 Å². The van der Waals surface area contributed by atoms with E-state index in [4.69, 9.17) is 11.6 Å². The number of amides is 1. The first-order valence-electron chi connectivity index (χ1n) is 7.01. The van der Waals surface area contributed by atoms with E-state index < -0.39 is 0 Å². The van der Waals surface area contributed by atoms with Gasteiger partial charge in [0.05, 0.1) is 9.72 Å². The normalized spacial score (nSPS) is 12.6. The van der Waals surface area contributed by atoms with E-state index in [9.17, 15) is 4.79 Å². The largest absolute Gasteiger partial charge is 0.302 e. The summed E-state index contributed by atoms with van der Waals surface area (Å²) in [5.41, 5.74) is 0.760. The fourth-order valence-electron chi connectivity index (χ4n) is 2.15. The van der Waals surface area contributed by atoms with Gasteiger partial charge in [-0.05, 0) is 25.0 Å². The number of anilines is 1. The monoisotopic (exact) mass is 310 g/mol. The number of hydrogen-bond acceptors (Lipinski definition) is 3. The highest BCUT2D eigenvalue weighted by Gasteiger charge is 2.17. The van der Waals surface area contributed by atoms with E-state index >= 15 is 0 Å². The van der Waals surface area contributed by atoms with Gasteiger partial charge < -0.3 is 5.32 Å². The van der Waals surface area contributed by atoms with E-state index in [1.54, 1.807) is 0 Å². The molecule has 5 heteroatoms. The van der Waals surface area contributed by atoms with Crippen LogP contribution in [0.4, 0.5) is 5.13 Å². The molecule has 0 bridgehead atoms. The zero-order chi connectivity index (χ0) is 14.5. The van der Waals surface area contributed by atoms with Crippen LogP contribution in [-0.2, 0) is 4.79 Å². The second-order valence-electron chi connectivity index (χ2n) is 4.84. The van der Waals surface area contributed by atoms with Gasteiger partial charge in [0.15, 0.2) is 5.13 Å². The number of rotatable bonds is 6. The minimum atomic E-state index is 0.0659. The van der Waals surface area contributed by atoms with Crippen molar-refractivity contribution >= 4 is 44.2 Å². The summed E-state index contributed by atoms with van der Waals surface area (Å²) in [6.07, 6.45) is 3.99. The molecule has 1 heterocycles. The topological polar surface area (TPSA) is 42.0 Å². The lowest BCUT2D eigenvalue weighted by molar-refractivity contribution is -0.120. The number of aromatic nitrogens is 1. The Hall–Kier alpha value is -1.13. The lowest BCUT2D eigenvalue weighted by Crippen LogP contribution is -2.22. The Morgan fingerprint density at radius 3 is 2.90 bits per heavy atom. The molecule has 1 N–H and O–H groups in total. The number of hydrogen-bond donors (Lipinski definition) is 1. The molecule has 0 fully saturated rings. The minimum Gasteiger partial charge on any atom is -0.302 e. The van der Waals surface area contributed by atoms with Crippen molar-refractivity contribution in [1.82, 2.24) is 4.98 Å². The van der Waals surface area contributed by atoms with Crippen LogP contribution in [-0.4, -0.2) is 10.9 Å². The van der Waals surface area contributed by atoms with Crippen LogP contribution >= 0.6 is 22.9 Å². The predicted molar refractivity (Wildman–Crippen MR) is 86.6 cm³/mol. The smallest absolute Gasteiger partial charge is 0.229 e. The summed E-state index contributed by atoms with van der Waals surface area (Å²) in [6.45, 7) is 4.19. The van der Waals surface area contributed by atoms with Crippen molar-refractivity contribution in [2.45, 2.75) is 39.5 Å². The lowest BCUT2D eigenvalue weighted by Gasteiger charge is -2.12. The maximum atomic E-state index is 12.2. The van der Waals surface area contributed by atoms with Crippen LogP contribution in [0.2, 0.25) is 5.02 Å². The molecule has 20 heavy (non-hydrogen) atoms. The number of unbranched alkanes of at least 4 members (excludes halogenated alkanes) is 1. The molecule has 108 valence electrons. The molecule has 3 nitrogen and oxygen atoms in total. The van der Waals surface area contributed by atoms with Crippen molar-refractivity contribution in [2.24, 2.45) is 5.92 Å². The number of halogens is 1. The van der Waals surface area contributed by atoms with E-state index in [1.807, 2.05) is 18.2 Å². The van der Waals surface area contributed by atoms with Crippen molar-refractivity contribution < 1.29 is 4.79 Å². The highest BCUT2D eigenvalue weighted by Crippen LogP contribution is 2.31. The van der Waals surface area contributed by atoms with Crippen molar-refractivity contribution in [2.75, 3.05) is 5.32 Å². The van der Waals surface area contributed by atoms with Crippen molar-refractivity contribution in [3.8, 4) is 0 Å². The van der Waals surface area contributed by atoms with Crippen LogP contribution in [0.15, 0.2) is 18.2 Å². The summed E-state index contributed by atoms with van der Waals surface area (Å²) >= 11 is 7.56. The summed E-state index contributed by atoms with van der Waals surface area (Å²) in [5, 5.41) is 4.18. The molecule has 0 saturated heterocycles. The van der Waals surface area contributed by atoms with Crippen LogP contribution in [0, 0.1) is 5.92 Å². The van der Waals surface area contributed by atoms with Gasteiger partial charge in [-0.3, -0.25) is 4.79 Å². The Balaban J connectivity index is 2.10. The van der Waals surface area contributed by atoms with Gasteiger partial charge in [-0.15, -0.1) is 0 Å². The number of nitrogens with zero attached hydrogens (tertiary/aromatic N) is 1. The quantitative estimate of drug-likeness (QED) is 0.806. The van der Waals surface area contributed by atoms with Gasteiger partial charge in [0, 0.05) is 5.92 Å². The first-order valence-corrected chi connectivity index (χ1v) is 8.21. The number of carbonyl (C=O) groups excluding carboxylic acids is 1. The number of carbonyl (C=O) groups is 1. The first kappa shape index (κ1) is 15.3. The first-order chi connectivity index (χ1) is 9.65. The van der Waals surface area contributed by atoms with E-state index in [-0.39, 0.29) is 11.8 Å². The summed E-state index contributed by atoms with van der Waals surface area (Å²) in [7, 11) is 0. The molecule has 0 aliphatic rings. The molecular formula is C15H19ClN2OS. The molecule has 1 atom stereocenters. The second kappa shape index (κ2) is 7.04. The van der Waals surface area contributed by atoms with Gasteiger partial charge in [-0.1, -0.05) is 55.7 Å². The summed E-state index contributed by atoms with van der Waals surface area (Å²) in [4.78, 5) is 16.6. The fourth-order valence-corrected chi connectivity index (χ4v) is 3.32. The predicted octanol–water partition coefficient (Wildman–Crippen LogP) is 5.10. The van der Waals surface area contributed by atoms with Crippen molar-refractivity contribution in [3.63, 3.8) is 0 Å². The van der Waals surface area contributed by atoms with Gasteiger partial charge in [-0.2, -0.15) is 0 Å². The zero-order valence-electron chi connectivity index (χ0n) is 11.8. The fraction of sp³-hybridized carbons (Fsp3) is 0.467. The van der Waals surface area contributed by atoms with E-state index in [0.29, 0.717) is 10.2 Å². The molecule has 0 radical (unpaired) electrons. The minimum absolute atomic E-state index is 0.0659. The third-order valence-corrected chi connectivity index (χ3v) is 4.61. The Bertz CT molecular complexity index is 597. The standard InChI is InChI=1S/C15H19ClN2OS/c1-3-5-7-10(4-2)14(19)18-15-17-13-11(16)8-6-9-12(13)20-15/h6,8-10H,3-5,7H2,1-2H3,(H,17,18,19). The number of benzene rings is 1. The van der Waals surface area contributed by atoms with E-state index in [1.165, 1.54) is 11.3 Å².